The summed E-state index contributed by atoms with van der Waals surface area (Å²) in [6, 6.07) is 10.2. The molecule has 0 amide bonds. The van der Waals surface area contributed by atoms with Gasteiger partial charge in [0, 0.05) is 12.1 Å². The quantitative estimate of drug-likeness (QED) is 0.889. The zero-order chi connectivity index (χ0) is 13.1. The van der Waals surface area contributed by atoms with Gasteiger partial charge in [0.25, 0.3) is 0 Å². The van der Waals surface area contributed by atoms with E-state index >= 15 is 0 Å². The van der Waals surface area contributed by atoms with Crippen molar-refractivity contribution in [3.8, 4) is 0 Å². The van der Waals surface area contributed by atoms with Crippen molar-refractivity contribution in [3.63, 3.8) is 0 Å². The lowest BCUT2D eigenvalue weighted by molar-refractivity contribution is -0.146. The van der Waals surface area contributed by atoms with Crippen LogP contribution in [-0.4, -0.2) is 41.2 Å². The predicted molar refractivity (Wildman–Crippen MR) is 68.4 cm³/mol. The van der Waals surface area contributed by atoms with E-state index in [0.29, 0.717) is 6.61 Å². The summed E-state index contributed by atoms with van der Waals surface area (Å²) in [4.78, 5) is 12.9. The Morgan fingerprint density at radius 1 is 1.39 bits per heavy atom. The Kier molecular flexibility index (Phi) is 3.99. The zero-order valence-corrected chi connectivity index (χ0v) is 10.7. The minimum atomic E-state index is -0.789. The van der Waals surface area contributed by atoms with Gasteiger partial charge in [-0.3, -0.25) is 9.69 Å². The maximum Gasteiger partial charge on any atom is 0.317 e. The molecule has 1 aliphatic rings. The largest absolute Gasteiger partial charge is 0.480 e. The lowest BCUT2D eigenvalue weighted by Gasteiger charge is -2.43. The van der Waals surface area contributed by atoms with Crippen LogP contribution in [0.5, 0.6) is 0 Å². The van der Waals surface area contributed by atoms with Gasteiger partial charge in [-0.2, -0.15) is 0 Å². The highest BCUT2D eigenvalue weighted by atomic mass is 16.5. The Labute approximate surface area is 107 Å². The summed E-state index contributed by atoms with van der Waals surface area (Å²) < 4.78 is 5.87. The number of hydrogen-bond donors (Lipinski definition) is 1. The van der Waals surface area contributed by atoms with E-state index in [-0.39, 0.29) is 24.7 Å². The van der Waals surface area contributed by atoms with Gasteiger partial charge in [0.15, 0.2) is 0 Å². The molecule has 0 spiro atoms. The topological polar surface area (TPSA) is 49.8 Å². The van der Waals surface area contributed by atoms with Gasteiger partial charge in [0.05, 0.1) is 19.3 Å². The molecule has 0 saturated carbocycles. The molecule has 0 aromatic heterocycles. The summed E-state index contributed by atoms with van der Waals surface area (Å²) in [5.41, 5.74) is 1.10. The third-order valence-electron chi connectivity index (χ3n) is 3.49. The van der Waals surface area contributed by atoms with Crippen LogP contribution in [0.2, 0.25) is 0 Å². The van der Waals surface area contributed by atoms with Crippen molar-refractivity contribution < 1.29 is 14.6 Å². The molecule has 0 unspecified atom stereocenters. The number of benzene rings is 1. The lowest BCUT2D eigenvalue weighted by Crippen LogP contribution is -2.52. The van der Waals surface area contributed by atoms with E-state index < -0.39 is 5.97 Å². The summed E-state index contributed by atoms with van der Waals surface area (Å²) in [6.45, 7) is 4.66. The first kappa shape index (κ1) is 13.1. The minimum Gasteiger partial charge on any atom is -0.480 e. The van der Waals surface area contributed by atoms with E-state index in [1.54, 1.807) is 0 Å². The van der Waals surface area contributed by atoms with Crippen LogP contribution in [0.4, 0.5) is 0 Å². The Balaban J connectivity index is 2.17. The summed E-state index contributed by atoms with van der Waals surface area (Å²) in [6.07, 6.45) is -0.0539. The Bertz CT molecular complexity index is 407. The molecule has 3 atom stereocenters. The summed E-state index contributed by atoms with van der Waals surface area (Å²) in [7, 11) is 0. The predicted octanol–water partition coefficient (Wildman–Crippen LogP) is 1.92. The SMILES string of the molecule is C[C@@H]1CO[C@@H](c2ccccc2)[C@@H](C)N1CC(=O)O. The van der Waals surface area contributed by atoms with E-state index in [4.69, 9.17) is 9.84 Å². The molecule has 4 nitrogen and oxygen atoms in total. The molecule has 18 heavy (non-hydrogen) atoms. The first-order chi connectivity index (χ1) is 8.59. The number of aliphatic carboxylic acids is 1. The van der Waals surface area contributed by atoms with E-state index in [1.807, 2.05) is 49.1 Å². The number of carboxylic acid groups (broad SMARTS) is 1. The maximum absolute atomic E-state index is 10.9. The third-order valence-corrected chi connectivity index (χ3v) is 3.49. The van der Waals surface area contributed by atoms with E-state index in [9.17, 15) is 4.79 Å². The molecule has 0 bridgehead atoms. The molecule has 98 valence electrons. The normalized spacial score (nSPS) is 29.1. The van der Waals surface area contributed by atoms with Crippen LogP contribution in [0.15, 0.2) is 30.3 Å². The Hall–Kier alpha value is -1.39. The van der Waals surface area contributed by atoms with Gasteiger partial charge in [-0.05, 0) is 19.4 Å². The van der Waals surface area contributed by atoms with Gasteiger partial charge in [-0.25, -0.2) is 0 Å². The molecule has 1 aliphatic heterocycles. The molecule has 0 radical (unpaired) electrons. The average molecular weight is 249 g/mol. The van der Waals surface area contributed by atoms with Crippen molar-refractivity contribution in [2.45, 2.75) is 32.0 Å². The summed E-state index contributed by atoms with van der Waals surface area (Å²) in [5.74, 6) is -0.789. The molecule has 1 fully saturated rings. The molecular formula is C14H19NO3. The molecule has 2 rings (SSSR count). The lowest BCUT2D eigenvalue weighted by atomic mass is 9.98. The number of carboxylic acids is 1. The number of morpholine rings is 1. The number of hydrogen-bond acceptors (Lipinski definition) is 3. The van der Waals surface area contributed by atoms with Gasteiger partial charge in [-0.15, -0.1) is 0 Å². The molecule has 1 N–H and O–H groups in total. The van der Waals surface area contributed by atoms with Crippen LogP contribution in [0.25, 0.3) is 0 Å². The molecule has 0 aliphatic carbocycles. The van der Waals surface area contributed by atoms with E-state index in [1.165, 1.54) is 0 Å². The fourth-order valence-electron chi connectivity index (χ4n) is 2.53. The van der Waals surface area contributed by atoms with E-state index in [2.05, 4.69) is 0 Å². The molecule has 1 saturated heterocycles. The van der Waals surface area contributed by atoms with E-state index in [0.717, 1.165) is 5.56 Å². The summed E-state index contributed by atoms with van der Waals surface area (Å²) in [5, 5.41) is 8.98. The van der Waals surface area contributed by atoms with Crippen LogP contribution in [-0.2, 0) is 9.53 Å². The Morgan fingerprint density at radius 3 is 2.67 bits per heavy atom. The van der Waals surface area contributed by atoms with Crippen LogP contribution < -0.4 is 0 Å². The number of rotatable bonds is 3. The molecule has 1 aromatic carbocycles. The van der Waals surface area contributed by atoms with Crippen molar-refractivity contribution in [1.82, 2.24) is 4.90 Å². The van der Waals surface area contributed by atoms with Crippen LogP contribution in [0.1, 0.15) is 25.5 Å². The van der Waals surface area contributed by atoms with Crippen molar-refractivity contribution in [2.24, 2.45) is 0 Å². The second-order valence-corrected chi connectivity index (χ2v) is 4.82. The van der Waals surface area contributed by atoms with Crippen molar-refractivity contribution in [3.05, 3.63) is 35.9 Å². The smallest absolute Gasteiger partial charge is 0.317 e. The molecule has 1 heterocycles. The maximum atomic E-state index is 10.9. The Morgan fingerprint density at radius 2 is 2.06 bits per heavy atom. The number of ether oxygens (including phenoxy) is 1. The zero-order valence-electron chi connectivity index (χ0n) is 10.7. The van der Waals surface area contributed by atoms with Gasteiger partial charge >= 0.3 is 5.97 Å². The van der Waals surface area contributed by atoms with Crippen LogP contribution in [0, 0.1) is 0 Å². The third kappa shape index (κ3) is 2.71. The monoisotopic (exact) mass is 249 g/mol. The highest BCUT2D eigenvalue weighted by Crippen LogP contribution is 2.30. The number of nitrogens with zero attached hydrogens (tertiary/aromatic N) is 1. The van der Waals surface area contributed by atoms with Crippen LogP contribution >= 0.6 is 0 Å². The van der Waals surface area contributed by atoms with Gasteiger partial charge in [-0.1, -0.05) is 30.3 Å². The summed E-state index contributed by atoms with van der Waals surface area (Å²) >= 11 is 0. The van der Waals surface area contributed by atoms with Crippen molar-refractivity contribution >= 4 is 5.97 Å². The molecule has 1 aromatic rings. The first-order valence-corrected chi connectivity index (χ1v) is 6.23. The van der Waals surface area contributed by atoms with Crippen LogP contribution in [0.3, 0.4) is 0 Å². The fourth-order valence-corrected chi connectivity index (χ4v) is 2.53. The average Bonchev–Trinajstić information content (AvgIpc) is 2.35. The fraction of sp³-hybridized carbons (Fsp3) is 0.500. The van der Waals surface area contributed by atoms with Crippen molar-refractivity contribution in [1.29, 1.82) is 0 Å². The second kappa shape index (κ2) is 5.50. The van der Waals surface area contributed by atoms with Gasteiger partial charge in [0.2, 0.25) is 0 Å². The van der Waals surface area contributed by atoms with Gasteiger partial charge in [0.1, 0.15) is 0 Å². The minimum absolute atomic E-state index is 0.0539. The molecular weight excluding hydrogens is 230 g/mol. The molecule has 4 heteroatoms. The first-order valence-electron chi connectivity index (χ1n) is 6.23. The highest BCUT2D eigenvalue weighted by Gasteiger charge is 2.34. The van der Waals surface area contributed by atoms with Crippen molar-refractivity contribution in [2.75, 3.05) is 13.2 Å². The second-order valence-electron chi connectivity index (χ2n) is 4.82. The standard InChI is InChI=1S/C14H19NO3/c1-10-9-18-14(12-6-4-3-5-7-12)11(2)15(10)8-13(16)17/h3-7,10-11,14H,8-9H2,1-2H3,(H,16,17)/t10-,11-,14-/m1/s1. The number of carbonyl (C=O) groups is 1. The van der Waals surface area contributed by atoms with Gasteiger partial charge < -0.3 is 9.84 Å². The highest BCUT2D eigenvalue weighted by molar-refractivity contribution is 5.69.